The largest absolute Gasteiger partial charge is 0.331 e. The lowest BCUT2D eigenvalue weighted by Crippen LogP contribution is -2.35. The lowest BCUT2D eigenvalue weighted by Gasteiger charge is -2.24. The van der Waals surface area contributed by atoms with Crippen LogP contribution in [0, 0.1) is 5.92 Å². The number of anilines is 1. The van der Waals surface area contributed by atoms with Crippen molar-refractivity contribution in [2.45, 2.75) is 19.9 Å². The fraction of sp³-hybridized carbons (Fsp3) is 0.167. The minimum absolute atomic E-state index is 0.123. The van der Waals surface area contributed by atoms with Gasteiger partial charge in [0.15, 0.2) is 0 Å². The third kappa shape index (κ3) is 5.04. The van der Waals surface area contributed by atoms with Crippen LogP contribution in [0.15, 0.2) is 78.9 Å². The number of amides is 3. The number of hydroxylamine groups is 1. The molecule has 3 aromatic rings. The first-order chi connectivity index (χ1) is 14.5. The molecule has 6 heteroatoms. The summed E-state index contributed by atoms with van der Waals surface area (Å²) in [7, 11) is 0. The van der Waals surface area contributed by atoms with Gasteiger partial charge in [0, 0.05) is 11.1 Å². The van der Waals surface area contributed by atoms with E-state index in [9.17, 15) is 9.59 Å². The molecule has 0 saturated carbocycles. The van der Waals surface area contributed by atoms with Gasteiger partial charge in [0.25, 0.3) is 5.91 Å². The van der Waals surface area contributed by atoms with E-state index in [0.717, 1.165) is 22.4 Å². The molecule has 3 rings (SSSR count). The zero-order chi connectivity index (χ0) is 21.5. The van der Waals surface area contributed by atoms with Crippen molar-refractivity contribution >= 4 is 17.6 Å². The van der Waals surface area contributed by atoms with Crippen molar-refractivity contribution in [3.63, 3.8) is 0 Å². The van der Waals surface area contributed by atoms with Gasteiger partial charge in [-0.1, -0.05) is 74.5 Å². The van der Waals surface area contributed by atoms with E-state index in [-0.39, 0.29) is 18.0 Å². The number of rotatable bonds is 6. The van der Waals surface area contributed by atoms with Crippen LogP contribution < -0.4 is 16.1 Å². The van der Waals surface area contributed by atoms with E-state index in [1.54, 1.807) is 29.7 Å². The predicted molar refractivity (Wildman–Crippen MR) is 117 cm³/mol. The summed E-state index contributed by atoms with van der Waals surface area (Å²) in [5.41, 5.74) is 5.50. The van der Waals surface area contributed by atoms with Gasteiger partial charge in [-0.3, -0.25) is 10.0 Å². The first-order valence-corrected chi connectivity index (χ1v) is 9.76. The second-order valence-electron chi connectivity index (χ2n) is 7.29. The smallest absolute Gasteiger partial charge is 0.319 e. The van der Waals surface area contributed by atoms with Gasteiger partial charge >= 0.3 is 6.03 Å². The second kappa shape index (κ2) is 9.71. The molecule has 4 N–H and O–H groups in total. The molecule has 0 spiro atoms. The standard InChI is InChI=1S/C24H25N3O3/c1-16(2)22(18-12-14-19(15-13-18)23(28)27-30)26-24(29)25-21-11-7-6-10-20(21)17-8-4-3-5-9-17/h3-16,22,30H,1-2H3,(H,27,28)(H2,25,26,29)/t22-/m1/s1. The van der Waals surface area contributed by atoms with Crippen LogP contribution in [0.1, 0.15) is 35.8 Å². The number of benzene rings is 3. The topological polar surface area (TPSA) is 90.5 Å². The van der Waals surface area contributed by atoms with Crippen molar-refractivity contribution in [3.8, 4) is 11.1 Å². The van der Waals surface area contributed by atoms with Crippen LogP contribution in [0.25, 0.3) is 11.1 Å². The molecule has 0 bridgehead atoms. The molecule has 3 aromatic carbocycles. The normalized spacial score (nSPS) is 11.6. The summed E-state index contributed by atoms with van der Waals surface area (Å²) in [5, 5.41) is 14.7. The predicted octanol–water partition coefficient (Wildman–Crippen LogP) is 4.99. The molecule has 30 heavy (non-hydrogen) atoms. The molecule has 0 aliphatic heterocycles. The molecule has 6 nitrogen and oxygen atoms in total. The number of carbonyl (C=O) groups is 2. The summed E-state index contributed by atoms with van der Waals surface area (Å²) in [6.45, 7) is 4.02. The van der Waals surface area contributed by atoms with Crippen LogP contribution in [-0.4, -0.2) is 17.1 Å². The molecule has 0 aliphatic carbocycles. The summed E-state index contributed by atoms with van der Waals surface area (Å²) in [6, 6.07) is 23.7. The van der Waals surface area contributed by atoms with E-state index in [1.165, 1.54) is 0 Å². The summed E-state index contributed by atoms with van der Waals surface area (Å²) < 4.78 is 0. The second-order valence-corrected chi connectivity index (χ2v) is 7.29. The van der Waals surface area contributed by atoms with E-state index < -0.39 is 5.91 Å². The molecule has 0 radical (unpaired) electrons. The Morgan fingerprint density at radius 3 is 2.10 bits per heavy atom. The van der Waals surface area contributed by atoms with E-state index in [4.69, 9.17) is 5.21 Å². The molecule has 0 heterocycles. The van der Waals surface area contributed by atoms with E-state index in [0.29, 0.717) is 5.56 Å². The van der Waals surface area contributed by atoms with Gasteiger partial charge in [-0.15, -0.1) is 0 Å². The number of para-hydroxylation sites is 1. The van der Waals surface area contributed by atoms with Gasteiger partial charge in [0.1, 0.15) is 0 Å². The Bertz CT molecular complexity index is 1000. The van der Waals surface area contributed by atoms with Gasteiger partial charge < -0.3 is 10.6 Å². The zero-order valence-electron chi connectivity index (χ0n) is 16.9. The number of urea groups is 1. The maximum absolute atomic E-state index is 12.8. The summed E-state index contributed by atoms with van der Waals surface area (Å²) in [6.07, 6.45) is 0. The van der Waals surface area contributed by atoms with Crippen LogP contribution in [0.3, 0.4) is 0 Å². The highest BCUT2D eigenvalue weighted by molar-refractivity contribution is 5.95. The highest BCUT2D eigenvalue weighted by atomic mass is 16.5. The Labute approximate surface area is 175 Å². The van der Waals surface area contributed by atoms with Crippen molar-refractivity contribution in [2.75, 3.05) is 5.32 Å². The van der Waals surface area contributed by atoms with Gasteiger partial charge in [-0.25, -0.2) is 10.3 Å². The van der Waals surface area contributed by atoms with Crippen molar-refractivity contribution in [2.24, 2.45) is 5.92 Å². The first kappa shape index (κ1) is 21.1. The van der Waals surface area contributed by atoms with E-state index in [1.807, 2.05) is 68.4 Å². The lowest BCUT2D eigenvalue weighted by molar-refractivity contribution is 0.0706. The van der Waals surface area contributed by atoms with Crippen LogP contribution in [-0.2, 0) is 0 Å². The number of nitrogens with one attached hydrogen (secondary N) is 3. The lowest BCUT2D eigenvalue weighted by atomic mass is 9.95. The number of carbonyl (C=O) groups excluding carboxylic acids is 2. The highest BCUT2D eigenvalue weighted by Gasteiger charge is 2.19. The van der Waals surface area contributed by atoms with Crippen LogP contribution in [0.4, 0.5) is 10.5 Å². The van der Waals surface area contributed by atoms with E-state index in [2.05, 4.69) is 10.6 Å². The average molecular weight is 403 g/mol. The summed E-state index contributed by atoms with van der Waals surface area (Å²) in [4.78, 5) is 24.3. The average Bonchev–Trinajstić information content (AvgIpc) is 2.78. The van der Waals surface area contributed by atoms with Crippen LogP contribution in [0.5, 0.6) is 0 Å². The Kier molecular flexibility index (Phi) is 6.83. The fourth-order valence-electron chi connectivity index (χ4n) is 3.30. The molecule has 0 aromatic heterocycles. The van der Waals surface area contributed by atoms with Crippen LogP contribution in [0.2, 0.25) is 0 Å². The SMILES string of the molecule is CC(C)[C@@H](NC(=O)Nc1ccccc1-c1ccccc1)c1ccc(C(=O)NO)cc1. The van der Waals surface area contributed by atoms with Crippen molar-refractivity contribution < 1.29 is 14.8 Å². The number of hydrogen-bond acceptors (Lipinski definition) is 3. The first-order valence-electron chi connectivity index (χ1n) is 9.76. The minimum atomic E-state index is -0.578. The fourth-order valence-corrected chi connectivity index (χ4v) is 3.30. The third-order valence-electron chi connectivity index (χ3n) is 4.85. The monoisotopic (exact) mass is 403 g/mol. The maximum Gasteiger partial charge on any atom is 0.319 e. The minimum Gasteiger partial charge on any atom is -0.331 e. The highest BCUT2D eigenvalue weighted by Crippen LogP contribution is 2.28. The van der Waals surface area contributed by atoms with Crippen molar-refractivity contribution in [1.29, 1.82) is 0 Å². The molecular weight excluding hydrogens is 378 g/mol. The van der Waals surface area contributed by atoms with Gasteiger partial charge in [0.2, 0.25) is 0 Å². The maximum atomic E-state index is 12.8. The van der Waals surface area contributed by atoms with Gasteiger partial charge in [-0.2, -0.15) is 0 Å². The van der Waals surface area contributed by atoms with Crippen molar-refractivity contribution in [1.82, 2.24) is 10.8 Å². The van der Waals surface area contributed by atoms with E-state index >= 15 is 0 Å². The molecule has 154 valence electrons. The molecular formula is C24H25N3O3. The Morgan fingerprint density at radius 2 is 1.47 bits per heavy atom. The quantitative estimate of drug-likeness (QED) is 0.345. The summed E-state index contributed by atoms with van der Waals surface area (Å²) in [5.74, 6) is -0.455. The molecule has 3 amide bonds. The van der Waals surface area contributed by atoms with Gasteiger partial charge in [-0.05, 0) is 35.2 Å². The van der Waals surface area contributed by atoms with Gasteiger partial charge in [0.05, 0.1) is 11.7 Å². The Hall–Kier alpha value is -3.64. The molecule has 1 atom stereocenters. The zero-order valence-corrected chi connectivity index (χ0v) is 16.9. The number of hydrogen-bond donors (Lipinski definition) is 4. The molecule has 0 unspecified atom stereocenters. The van der Waals surface area contributed by atoms with Crippen molar-refractivity contribution in [3.05, 3.63) is 90.0 Å². The Morgan fingerprint density at radius 1 is 0.833 bits per heavy atom. The van der Waals surface area contributed by atoms with Crippen LogP contribution >= 0.6 is 0 Å². The molecule has 0 saturated heterocycles. The Balaban J connectivity index is 1.77. The summed E-state index contributed by atoms with van der Waals surface area (Å²) >= 11 is 0. The third-order valence-corrected chi connectivity index (χ3v) is 4.85. The molecule has 0 aliphatic rings. The molecule has 0 fully saturated rings.